The summed E-state index contributed by atoms with van der Waals surface area (Å²) in [6, 6.07) is 12.7. The normalized spacial score (nSPS) is 12.2. The number of ether oxygens (including phenoxy) is 1. The minimum atomic E-state index is -3.89. The number of nitrogens with zero attached hydrogens (tertiary/aromatic N) is 2. The summed E-state index contributed by atoms with van der Waals surface area (Å²) in [5, 5.41) is 3.09. The zero-order valence-electron chi connectivity index (χ0n) is 19.4. The van der Waals surface area contributed by atoms with Crippen molar-refractivity contribution in [2.24, 2.45) is 0 Å². The lowest BCUT2D eigenvalue weighted by atomic mass is 10.1. The van der Waals surface area contributed by atoms with Crippen molar-refractivity contribution in [3.63, 3.8) is 0 Å². The van der Waals surface area contributed by atoms with Gasteiger partial charge >= 0.3 is 0 Å². The Kier molecular flexibility index (Phi) is 9.13. The Hall–Kier alpha value is -2.78. The molecule has 0 saturated heterocycles. The van der Waals surface area contributed by atoms with E-state index >= 15 is 0 Å². The van der Waals surface area contributed by atoms with Gasteiger partial charge in [0.05, 0.1) is 19.1 Å². The highest BCUT2D eigenvalue weighted by atomic mass is 35.5. The van der Waals surface area contributed by atoms with Crippen LogP contribution >= 0.6 is 11.6 Å². The highest BCUT2D eigenvalue weighted by Gasteiger charge is 2.31. The van der Waals surface area contributed by atoms with Gasteiger partial charge in [-0.2, -0.15) is 0 Å². The number of nitrogens with one attached hydrogen (secondary N) is 1. The molecule has 0 spiro atoms. The Labute approximate surface area is 200 Å². The molecule has 1 N–H and O–H groups in total. The second-order valence-electron chi connectivity index (χ2n) is 7.93. The summed E-state index contributed by atoms with van der Waals surface area (Å²) in [7, 11) is -2.49. The highest BCUT2D eigenvalue weighted by molar-refractivity contribution is 7.92. The standard InChI is InChI=1S/C23H30ClN3O5S/c1-16(2)25-23(29)17(3)26(14-18-9-7-6-8-10-18)22(28)15-27(33(5,30)31)20-13-19(24)11-12-21(20)32-4/h6-13,16-17H,14-15H2,1-5H3,(H,25,29). The van der Waals surface area contributed by atoms with Crippen molar-refractivity contribution < 1.29 is 22.7 Å². The van der Waals surface area contributed by atoms with E-state index in [1.54, 1.807) is 13.0 Å². The number of halogens is 1. The summed E-state index contributed by atoms with van der Waals surface area (Å²) in [5.41, 5.74) is 0.945. The van der Waals surface area contributed by atoms with Gasteiger partial charge in [0, 0.05) is 17.6 Å². The van der Waals surface area contributed by atoms with Gasteiger partial charge in [-0.25, -0.2) is 8.42 Å². The third-order valence-corrected chi connectivity index (χ3v) is 6.24. The van der Waals surface area contributed by atoms with E-state index in [1.165, 1.54) is 24.1 Å². The number of benzene rings is 2. The molecule has 0 aliphatic rings. The number of sulfonamides is 1. The lowest BCUT2D eigenvalue weighted by Crippen LogP contribution is -2.52. The van der Waals surface area contributed by atoms with E-state index in [2.05, 4.69) is 5.32 Å². The third-order valence-electron chi connectivity index (χ3n) is 4.88. The first kappa shape index (κ1) is 26.5. The minimum absolute atomic E-state index is 0.114. The molecule has 0 aromatic heterocycles. The van der Waals surface area contributed by atoms with Gasteiger partial charge in [0.2, 0.25) is 21.8 Å². The number of methoxy groups -OCH3 is 1. The van der Waals surface area contributed by atoms with Crippen LogP contribution in [-0.4, -0.2) is 57.1 Å². The lowest BCUT2D eigenvalue weighted by Gasteiger charge is -2.32. The van der Waals surface area contributed by atoms with Crippen LogP contribution in [0.1, 0.15) is 26.3 Å². The van der Waals surface area contributed by atoms with Crippen molar-refractivity contribution in [1.82, 2.24) is 10.2 Å². The van der Waals surface area contributed by atoms with Gasteiger partial charge in [-0.1, -0.05) is 41.9 Å². The first-order valence-corrected chi connectivity index (χ1v) is 12.6. The maximum atomic E-state index is 13.5. The molecular formula is C23H30ClN3O5S. The van der Waals surface area contributed by atoms with Crippen LogP contribution in [0.15, 0.2) is 48.5 Å². The summed E-state index contributed by atoms with van der Waals surface area (Å²) >= 11 is 6.09. The van der Waals surface area contributed by atoms with Crippen molar-refractivity contribution in [2.75, 3.05) is 24.2 Å². The fourth-order valence-corrected chi connectivity index (χ4v) is 4.23. The molecule has 2 rings (SSSR count). The van der Waals surface area contributed by atoms with E-state index in [-0.39, 0.29) is 35.0 Å². The predicted molar refractivity (Wildman–Crippen MR) is 130 cm³/mol. The number of amides is 2. The molecule has 2 aromatic carbocycles. The van der Waals surface area contributed by atoms with E-state index in [4.69, 9.17) is 16.3 Å². The Morgan fingerprint density at radius 1 is 1.09 bits per heavy atom. The van der Waals surface area contributed by atoms with Gasteiger partial charge in [-0.3, -0.25) is 13.9 Å². The molecule has 1 unspecified atom stereocenters. The fourth-order valence-electron chi connectivity index (χ4n) is 3.22. The number of rotatable bonds is 10. The average molecular weight is 496 g/mol. The van der Waals surface area contributed by atoms with Crippen LogP contribution in [0.3, 0.4) is 0 Å². The molecule has 8 nitrogen and oxygen atoms in total. The minimum Gasteiger partial charge on any atom is -0.495 e. The first-order valence-electron chi connectivity index (χ1n) is 10.4. The van der Waals surface area contributed by atoms with E-state index in [9.17, 15) is 18.0 Å². The summed E-state index contributed by atoms with van der Waals surface area (Å²) in [5.74, 6) is -0.629. The Morgan fingerprint density at radius 3 is 2.27 bits per heavy atom. The zero-order valence-corrected chi connectivity index (χ0v) is 21.0. The van der Waals surface area contributed by atoms with Crippen LogP contribution in [0.4, 0.5) is 5.69 Å². The molecule has 1 atom stereocenters. The van der Waals surface area contributed by atoms with E-state index in [0.717, 1.165) is 16.1 Å². The Morgan fingerprint density at radius 2 is 1.73 bits per heavy atom. The molecule has 0 bridgehead atoms. The molecule has 2 amide bonds. The van der Waals surface area contributed by atoms with E-state index in [0.29, 0.717) is 0 Å². The van der Waals surface area contributed by atoms with Crippen LogP contribution in [0, 0.1) is 0 Å². The molecule has 0 aliphatic heterocycles. The van der Waals surface area contributed by atoms with Gasteiger partial charge < -0.3 is 15.0 Å². The van der Waals surface area contributed by atoms with E-state index in [1.807, 2.05) is 44.2 Å². The van der Waals surface area contributed by atoms with Crippen LogP contribution in [-0.2, 0) is 26.2 Å². The van der Waals surface area contributed by atoms with E-state index < -0.39 is 28.5 Å². The number of carbonyl (C=O) groups is 2. The molecule has 0 fully saturated rings. The van der Waals surface area contributed by atoms with Crippen molar-refractivity contribution in [2.45, 2.75) is 39.4 Å². The topological polar surface area (TPSA) is 96.0 Å². The van der Waals surface area contributed by atoms with Crippen LogP contribution in [0.5, 0.6) is 5.75 Å². The summed E-state index contributed by atoms with van der Waals surface area (Å²) in [6.07, 6.45) is 0.997. The smallest absolute Gasteiger partial charge is 0.244 e. The molecule has 2 aromatic rings. The van der Waals surface area contributed by atoms with Crippen molar-refractivity contribution >= 4 is 39.1 Å². The van der Waals surface area contributed by atoms with Crippen molar-refractivity contribution in [1.29, 1.82) is 0 Å². The highest BCUT2D eigenvalue weighted by Crippen LogP contribution is 2.33. The monoisotopic (exact) mass is 495 g/mol. The van der Waals surface area contributed by atoms with Crippen molar-refractivity contribution in [3.8, 4) is 5.75 Å². The Bertz CT molecular complexity index is 1080. The number of anilines is 1. The lowest BCUT2D eigenvalue weighted by molar-refractivity contribution is -0.139. The summed E-state index contributed by atoms with van der Waals surface area (Å²) in [4.78, 5) is 27.5. The van der Waals surface area contributed by atoms with Gasteiger partial charge in [0.15, 0.2) is 0 Å². The first-order chi connectivity index (χ1) is 15.4. The summed E-state index contributed by atoms with van der Waals surface area (Å²) < 4.78 is 31.5. The number of hydrogen-bond donors (Lipinski definition) is 1. The van der Waals surface area contributed by atoms with Gasteiger partial charge in [0.25, 0.3) is 0 Å². The molecule has 180 valence electrons. The zero-order chi connectivity index (χ0) is 24.8. The number of hydrogen-bond acceptors (Lipinski definition) is 5. The largest absolute Gasteiger partial charge is 0.495 e. The van der Waals surface area contributed by atoms with Crippen LogP contribution < -0.4 is 14.4 Å². The second-order valence-corrected chi connectivity index (χ2v) is 10.3. The number of carbonyl (C=O) groups excluding carboxylic acids is 2. The average Bonchev–Trinajstić information content (AvgIpc) is 2.74. The van der Waals surface area contributed by atoms with Crippen LogP contribution in [0.25, 0.3) is 0 Å². The maximum absolute atomic E-state index is 13.5. The molecule has 0 heterocycles. The molecule has 0 saturated carbocycles. The SMILES string of the molecule is COc1ccc(Cl)cc1N(CC(=O)N(Cc1ccccc1)C(C)C(=O)NC(C)C)S(C)(=O)=O. The predicted octanol–water partition coefficient (Wildman–Crippen LogP) is 3.06. The molecule has 0 aliphatic carbocycles. The van der Waals surface area contributed by atoms with Gasteiger partial charge in [-0.15, -0.1) is 0 Å². The van der Waals surface area contributed by atoms with Crippen molar-refractivity contribution in [3.05, 3.63) is 59.1 Å². The molecular weight excluding hydrogens is 466 g/mol. The van der Waals surface area contributed by atoms with Crippen LogP contribution in [0.2, 0.25) is 5.02 Å². The third kappa shape index (κ3) is 7.36. The second kappa shape index (κ2) is 11.4. The molecule has 33 heavy (non-hydrogen) atoms. The fraction of sp³-hybridized carbons (Fsp3) is 0.391. The molecule has 0 radical (unpaired) electrons. The maximum Gasteiger partial charge on any atom is 0.244 e. The van der Waals surface area contributed by atoms with Gasteiger partial charge in [-0.05, 0) is 44.5 Å². The molecule has 10 heteroatoms. The quantitative estimate of drug-likeness (QED) is 0.546. The van der Waals surface area contributed by atoms with Gasteiger partial charge in [0.1, 0.15) is 18.3 Å². The summed E-state index contributed by atoms with van der Waals surface area (Å²) in [6.45, 7) is 4.87. The Balaban J connectivity index is 2.44.